The van der Waals surface area contributed by atoms with Gasteiger partial charge in [-0.05, 0) is 56.9 Å². The molecule has 1 N–H and O–H groups in total. The van der Waals surface area contributed by atoms with Crippen LogP contribution in [-0.4, -0.2) is 36.1 Å². The molecule has 1 saturated carbocycles. The molecule has 0 amide bonds. The Labute approximate surface area is 113 Å². The van der Waals surface area contributed by atoms with E-state index in [4.69, 9.17) is 0 Å². The number of hydrogen-bond acceptors (Lipinski definition) is 2. The average Bonchev–Trinajstić information content (AvgIpc) is 2.78. The third-order valence-corrected chi connectivity index (χ3v) is 5.90. The second-order valence-corrected chi connectivity index (χ2v) is 7.13. The van der Waals surface area contributed by atoms with Crippen LogP contribution in [-0.2, 0) is 0 Å². The van der Waals surface area contributed by atoms with Crippen LogP contribution >= 0.6 is 0 Å². The molecule has 2 nitrogen and oxygen atoms in total. The van der Waals surface area contributed by atoms with Gasteiger partial charge >= 0.3 is 0 Å². The van der Waals surface area contributed by atoms with E-state index in [1.54, 1.807) is 0 Å². The number of nitrogens with one attached hydrogen (secondary N) is 1. The minimum Gasteiger partial charge on any atom is -0.310 e. The van der Waals surface area contributed by atoms with E-state index in [0.717, 1.165) is 30.0 Å². The molecule has 2 heterocycles. The fourth-order valence-corrected chi connectivity index (χ4v) is 4.44. The Balaban J connectivity index is 1.53. The Morgan fingerprint density at radius 1 is 0.889 bits per heavy atom. The van der Waals surface area contributed by atoms with Crippen molar-refractivity contribution in [1.29, 1.82) is 0 Å². The van der Waals surface area contributed by atoms with Crippen molar-refractivity contribution < 1.29 is 0 Å². The number of fused-ring (bicyclic) bond motifs is 1. The van der Waals surface area contributed by atoms with Crippen molar-refractivity contribution in [3.8, 4) is 0 Å². The van der Waals surface area contributed by atoms with Crippen molar-refractivity contribution >= 4 is 0 Å². The lowest BCUT2D eigenvalue weighted by atomic mass is 9.78. The summed E-state index contributed by atoms with van der Waals surface area (Å²) in [5.74, 6) is 1.86. The highest BCUT2D eigenvalue weighted by Gasteiger charge is 2.37. The molecule has 3 rings (SSSR count). The fourth-order valence-electron chi connectivity index (χ4n) is 4.44. The van der Waals surface area contributed by atoms with Crippen LogP contribution in [0.25, 0.3) is 0 Å². The first-order valence-corrected chi connectivity index (χ1v) is 8.24. The molecule has 5 atom stereocenters. The van der Waals surface area contributed by atoms with E-state index < -0.39 is 0 Å². The van der Waals surface area contributed by atoms with Gasteiger partial charge in [0.05, 0.1) is 0 Å². The predicted octanol–water partition coefficient (Wildman–Crippen LogP) is 3.03. The molecule has 0 aromatic heterocycles. The summed E-state index contributed by atoms with van der Waals surface area (Å²) in [6.07, 6.45) is 9.97. The van der Waals surface area contributed by atoms with Gasteiger partial charge in [-0.1, -0.05) is 20.3 Å². The van der Waals surface area contributed by atoms with Crippen LogP contribution in [0.15, 0.2) is 0 Å². The standard InChI is InChI=1S/C16H30N2/c1-12-6-7-14(11-13(12)2)17-15-8-10-18-9-4-3-5-16(15)18/h12-17H,3-11H2,1-2H3. The quantitative estimate of drug-likeness (QED) is 0.810. The SMILES string of the molecule is CC1CCC(NC2CCN3CCCCC23)CC1C. The Morgan fingerprint density at radius 2 is 1.78 bits per heavy atom. The first kappa shape index (κ1) is 12.9. The lowest BCUT2D eigenvalue weighted by Gasteiger charge is -2.37. The fraction of sp³-hybridized carbons (Fsp3) is 1.00. The minimum absolute atomic E-state index is 0.802. The third kappa shape index (κ3) is 2.60. The van der Waals surface area contributed by atoms with E-state index in [1.165, 1.54) is 58.0 Å². The van der Waals surface area contributed by atoms with Gasteiger partial charge in [0.1, 0.15) is 0 Å². The second-order valence-electron chi connectivity index (χ2n) is 7.13. The van der Waals surface area contributed by atoms with Crippen LogP contribution in [0.4, 0.5) is 0 Å². The lowest BCUT2D eigenvalue weighted by molar-refractivity contribution is 0.160. The van der Waals surface area contributed by atoms with Gasteiger partial charge in [-0.3, -0.25) is 4.90 Å². The van der Waals surface area contributed by atoms with E-state index in [9.17, 15) is 0 Å². The van der Waals surface area contributed by atoms with Crippen LogP contribution in [0.2, 0.25) is 0 Å². The molecule has 2 heteroatoms. The monoisotopic (exact) mass is 250 g/mol. The molecule has 18 heavy (non-hydrogen) atoms. The molecule has 5 unspecified atom stereocenters. The first-order chi connectivity index (χ1) is 8.74. The van der Waals surface area contributed by atoms with Crippen molar-refractivity contribution in [1.82, 2.24) is 10.2 Å². The third-order valence-electron chi connectivity index (χ3n) is 5.90. The molecule has 0 spiro atoms. The Kier molecular flexibility index (Phi) is 3.95. The van der Waals surface area contributed by atoms with Gasteiger partial charge in [0.15, 0.2) is 0 Å². The van der Waals surface area contributed by atoms with E-state index in [-0.39, 0.29) is 0 Å². The topological polar surface area (TPSA) is 15.3 Å². The molecule has 3 fully saturated rings. The molecular formula is C16H30N2. The van der Waals surface area contributed by atoms with Crippen LogP contribution in [0, 0.1) is 11.8 Å². The van der Waals surface area contributed by atoms with Crippen LogP contribution in [0.5, 0.6) is 0 Å². The molecule has 2 aliphatic heterocycles. The summed E-state index contributed by atoms with van der Waals surface area (Å²) in [6.45, 7) is 7.58. The summed E-state index contributed by atoms with van der Waals surface area (Å²) in [5.41, 5.74) is 0. The van der Waals surface area contributed by atoms with Gasteiger partial charge in [-0.15, -0.1) is 0 Å². The molecule has 1 aliphatic carbocycles. The van der Waals surface area contributed by atoms with E-state index in [1.807, 2.05) is 0 Å². The van der Waals surface area contributed by atoms with Gasteiger partial charge < -0.3 is 5.32 Å². The molecule has 3 aliphatic rings. The summed E-state index contributed by atoms with van der Waals surface area (Å²) >= 11 is 0. The van der Waals surface area contributed by atoms with Crippen LogP contribution in [0.3, 0.4) is 0 Å². The zero-order valence-corrected chi connectivity index (χ0v) is 12.2. The first-order valence-electron chi connectivity index (χ1n) is 8.24. The van der Waals surface area contributed by atoms with Gasteiger partial charge in [-0.2, -0.15) is 0 Å². The zero-order chi connectivity index (χ0) is 12.5. The largest absolute Gasteiger partial charge is 0.310 e. The summed E-state index contributed by atoms with van der Waals surface area (Å²) < 4.78 is 0. The second kappa shape index (κ2) is 5.50. The molecule has 104 valence electrons. The summed E-state index contributed by atoms with van der Waals surface area (Å²) in [6, 6.07) is 2.48. The Bertz CT molecular complexity index is 278. The van der Waals surface area contributed by atoms with Gasteiger partial charge in [0.2, 0.25) is 0 Å². The molecule has 0 radical (unpaired) electrons. The van der Waals surface area contributed by atoms with Crippen molar-refractivity contribution in [3.05, 3.63) is 0 Å². The summed E-state index contributed by atoms with van der Waals surface area (Å²) in [7, 11) is 0. The van der Waals surface area contributed by atoms with Gasteiger partial charge in [0.25, 0.3) is 0 Å². The number of nitrogens with zero attached hydrogens (tertiary/aromatic N) is 1. The Morgan fingerprint density at radius 3 is 2.61 bits per heavy atom. The van der Waals surface area contributed by atoms with Crippen molar-refractivity contribution in [3.63, 3.8) is 0 Å². The molecule has 2 saturated heterocycles. The molecule has 0 bridgehead atoms. The van der Waals surface area contributed by atoms with E-state index in [2.05, 4.69) is 24.1 Å². The highest BCUT2D eigenvalue weighted by atomic mass is 15.2. The van der Waals surface area contributed by atoms with Crippen LogP contribution < -0.4 is 5.32 Å². The average molecular weight is 250 g/mol. The van der Waals surface area contributed by atoms with Crippen molar-refractivity contribution in [2.45, 2.75) is 76.9 Å². The number of piperidine rings is 1. The maximum Gasteiger partial charge on any atom is 0.0249 e. The van der Waals surface area contributed by atoms with Crippen molar-refractivity contribution in [2.75, 3.05) is 13.1 Å². The lowest BCUT2D eigenvalue weighted by Crippen LogP contribution is -2.49. The van der Waals surface area contributed by atoms with E-state index in [0.29, 0.717) is 0 Å². The zero-order valence-electron chi connectivity index (χ0n) is 12.2. The van der Waals surface area contributed by atoms with E-state index >= 15 is 0 Å². The van der Waals surface area contributed by atoms with Gasteiger partial charge in [-0.25, -0.2) is 0 Å². The molecule has 0 aromatic rings. The highest BCUT2D eigenvalue weighted by Crippen LogP contribution is 2.32. The predicted molar refractivity (Wildman–Crippen MR) is 76.7 cm³/mol. The number of hydrogen-bond donors (Lipinski definition) is 1. The maximum atomic E-state index is 4.03. The van der Waals surface area contributed by atoms with Crippen LogP contribution in [0.1, 0.15) is 58.8 Å². The summed E-state index contributed by atoms with van der Waals surface area (Å²) in [4.78, 5) is 2.75. The number of rotatable bonds is 2. The van der Waals surface area contributed by atoms with Crippen molar-refractivity contribution in [2.24, 2.45) is 11.8 Å². The summed E-state index contributed by atoms with van der Waals surface area (Å²) in [5, 5.41) is 4.03. The smallest absolute Gasteiger partial charge is 0.0249 e. The molecule has 0 aromatic carbocycles. The minimum atomic E-state index is 0.802. The Hall–Kier alpha value is -0.0800. The normalized spacial score (nSPS) is 46.0. The highest BCUT2D eigenvalue weighted by molar-refractivity contribution is 4.96. The molecular weight excluding hydrogens is 220 g/mol. The maximum absolute atomic E-state index is 4.03. The van der Waals surface area contributed by atoms with Gasteiger partial charge in [0, 0.05) is 24.7 Å².